The molecule has 0 aliphatic carbocycles. The van der Waals surface area contributed by atoms with Gasteiger partial charge in [0.2, 0.25) is 6.79 Å². The van der Waals surface area contributed by atoms with E-state index in [1.54, 1.807) is 11.7 Å². The van der Waals surface area contributed by atoms with Gasteiger partial charge in [0.15, 0.2) is 16.7 Å². The number of benzene rings is 3. The predicted molar refractivity (Wildman–Crippen MR) is 136 cm³/mol. The Hall–Kier alpha value is -4.17. The van der Waals surface area contributed by atoms with Crippen LogP contribution in [0.3, 0.4) is 0 Å². The number of para-hydroxylation sites is 2. The number of hydrogen-bond donors (Lipinski definition) is 1. The molecule has 0 fully saturated rings. The molecule has 7 nitrogen and oxygen atoms in total. The van der Waals surface area contributed by atoms with Crippen molar-refractivity contribution in [2.45, 2.75) is 10.9 Å². The van der Waals surface area contributed by atoms with Crippen LogP contribution in [0.2, 0.25) is 0 Å². The summed E-state index contributed by atoms with van der Waals surface area (Å²) in [6, 6.07) is 23.2. The summed E-state index contributed by atoms with van der Waals surface area (Å²) >= 11 is 1.48. The maximum absolute atomic E-state index is 13.8. The van der Waals surface area contributed by atoms with Gasteiger partial charge in [0.1, 0.15) is 16.8 Å². The van der Waals surface area contributed by atoms with Gasteiger partial charge in [-0.05, 0) is 35.4 Å². The number of methoxy groups -OCH3 is 1. The number of aromatic amines is 1. The lowest BCUT2D eigenvalue weighted by Gasteiger charge is -2.15. The molecule has 0 atom stereocenters. The minimum atomic E-state index is -0.185. The third-order valence-electron chi connectivity index (χ3n) is 5.88. The van der Waals surface area contributed by atoms with Crippen molar-refractivity contribution >= 4 is 22.8 Å². The van der Waals surface area contributed by atoms with E-state index < -0.39 is 0 Å². The van der Waals surface area contributed by atoms with Crippen LogP contribution in [0.25, 0.3) is 27.8 Å². The lowest BCUT2D eigenvalue weighted by atomic mass is 10.1. The first-order valence-corrected chi connectivity index (χ1v) is 12.1. The molecule has 0 saturated carbocycles. The minimum absolute atomic E-state index is 0.185. The quantitative estimate of drug-likeness (QED) is 0.257. The van der Waals surface area contributed by atoms with Crippen molar-refractivity contribution in [1.82, 2.24) is 14.5 Å². The molecule has 5 aromatic rings. The van der Waals surface area contributed by atoms with Gasteiger partial charge in [-0.15, -0.1) is 0 Å². The van der Waals surface area contributed by atoms with Crippen LogP contribution < -0.4 is 19.8 Å². The molecule has 35 heavy (non-hydrogen) atoms. The summed E-state index contributed by atoms with van der Waals surface area (Å²) in [4.78, 5) is 22.0. The Labute approximate surface area is 205 Å². The molecule has 0 bridgehead atoms. The average molecular weight is 484 g/mol. The highest BCUT2D eigenvalue weighted by Crippen LogP contribution is 2.36. The zero-order valence-electron chi connectivity index (χ0n) is 18.9. The molecule has 1 N–H and O–H groups in total. The molecule has 0 spiro atoms. The smallest absolute Gasteiger partial charge is 0.283 e. The number of hydrogen-bond acceptors (Lipinski definition) is 6. The van der Waals surface area contributed by atoms with Crippen molar-refractivity contribution in [2.75, 3.05) is 13.9 Å². The number of aromatic nitrogens is 3. The maximum Gasteiger partial charge on any atom is 0.283 e. The highest BCUT2D eigenvalue weighted by Gasteiger charge is 2.20. The second-order valence-corrected chi connectivity index (χ2v) is 8.92. The van der Waals surface area contributed by atoms with Crippen molar-refractivity contribution in [2.24, 2.45) is 0 Å². The zero-order valence-corrected chi connectivity index (χ0v) is 19.7. The SMILES string of the molecule is COc1ccccc1-n1c(SCc2ccc3c(c2)OCO3)nc2c(-c3ccccc3)c[nH]c2c1=O. The van der Waals surface area contributed by atoms with E-state index >= 15 is 0 Å². The monoisotopic (exact) mass is 483 g/mol. The summed E-state index contributed by atoms with van der Waals surface area (Å²) < 4.78 is 18.1. The summed E-state index contributed by atoms with van der Waals surface area (Å²) in [5.74, 6) is 2.65. The third-order valence-corrected chi connectivity index (χ3v) is 6.89. The topological polar surface area (TPSA) is 78.4 Å². The number of ether oxygens (including phenoxy) is 3. The highest BCUT2D eigenvalue weighted by atomic mass is 32.2. The van der Waals surface area contributed by atoms with Gasteiger partial charge >= 0.3 is 0 Å². The summed E-state index contributed by atoms with van der Waals surface area (Å²) in [6.07, 6.45) is 1.84. The van der Waals surface area contributed by atoms with E-state index in [4.69, 9.17) is 19.2 Å². The molecule has 174 valence electrons. The van der Waals surface area contributed by atoms with E-state index in [1.165, 1.54) is 11.8 Å². The Morgan fingerprint density at radius 3 is 2.69 bits per heavy atom. The van der Waals surface area contributed by atoms with Crippen LogP contribution in [-0.2, 0) is 5.75 Å². The standard InChI is InChI=1S/C27H21N3O4S/c1-32-21-10-6-5-9-20(21)30-26(31)25-24(19(14-28-25)18-7-3-2-4-8-18)29-27(30)35-15-17-11-12-22-23(13-17)34-16-33-22/h2-14,28H,15-16H2,1H3. The molecule has 0 saturated heterocycles. The van der Waals surface area contributed by atoms with E-state index in [0.717, 1.165) is 28.2 Å². The fourth-order valence-electron chi connectivity index (χ4n) is 4.18. The number of nitrogens with zero attached hydrogens (tertiary/aromatic N) is 2. The van der Waals surface area contributed by atoms with E-state index in [9.17, 15) is 4.79 Å². The van der Waals surface area contributed by atoms with Crippen molar-refractivity contribution in [3.05, 3.63) is 94.9 Å². The molecule has 1 aliphatic heterocycles. The molecule has 2 aromatic heterocycles. The van der Waals surface area contributed by atoms with Gasteiger partial charge in [0, 0.05) is 17.5 Å². The number of thioether (sulfide) groups is 1. The van der Waals surface area contributed by atoms with Crippen LogP contribution in [0, 0.1) is 0 Å². The summed E-state index contributed by atoms with van der Waals surface area (Å²) in [7, 11) is 1.59. The van der Waals surface area contributed by atoms with Crippen LogP contribution in [0.4, 0.5) is 0 Å². The molecule has 0 amide bonds. The summed E-state index contributed by atoms with van der Waals surface area (Å²) in [6.45, 7) is 0.229. The van der Waals surface area contributed by atoms with Crippen LogP contribution in [0.15, 0.2) is 88.9 Å². The largest absolute Gasteiger partial charge is 0.495 e. The highest BCUT2D eigenvalue weighted by molar-refractivity contribution is 7.98. The Bertz CT molecular complexity index is 1590. The number of rotatable bonds is 6. The van der Waals surface area contributed by atoms with Crippen molar-refractivity contribution in [3.63, 3.8) is 0 Å². The third kappa shape index (κ3) is 3.81. The zero-order chi connectivity index (χ0) is 23.8. The lowest BCUT2D eigenvalue weighted by molar-refractivity contribution is 0.174. The van der Waals surface area contributed by atoms with E-state index in [-0.39, 0.29) is 12.4 Å². The van der Waals surface area contributed by atoms with E-state index in [1.807, 2.05) is 79.0 Å². The summed E-state index contributed by atoms with van der Waals surface area (Å²) in [5.41, 5.74) is 4.45. The van der Waals surface area contributed by atoms with Crippen molar-refractivity contribution in [1.29, 1.82) is 0 Å². The number of H-pyrrole nitrogens is 1. The second kappa shape index (κ2) is 8.88. The fraction of sp³-hybridized carbons (Fsp3) is 0.111. The molecule has 3 heterocycles. The molecule has 1 aliphatic rings. The van der Waals surface area contributed by atoms with E-state index in [2.05, 4.69) is 4.98 Å². The summed E-state index contributed by atoms with van der Waals surface area (Å²) in [5, 5.41) is 0.571. The lowest BCUT2D eigenvalue weighted by Crippen LogP contribution is -2.22. The van der Waals surface area contributed by atoms with Gasteiger partial charge in [-0.2, -0.15) is 0 Å². The minimum Gasteiger partial charge on any atom is -0.495 e. The van der Waals surface area contributed by atoms with Gasteiger partial charge in [-0.25, -0.2) is 9.55 Å². The molecular weight excluding hydrogens is 462 g/mol. The second-order valence-electron chi connectivity index (χ2n) is 7.98. The van der Waals surface area contributed by atoms with Gasteiger partial charge in [-0.1, -0.05) is 60.3 Å². The van der Waals surface area contributed by atoms with Gasteiger partial charge < -0.3 is 19.2 Å². The molecule has 0 unspecified atom stereocenters. The Balaban J connectivity index is 1.50. The van der Waals surface area contributed by atoms with Crippen molar-refractivity contribution < 1.29 is 14.2 Å². The first kappa shape index (κ1) is 21.4. The average Bonchev–Trinajstić information content (AvgIpc) is 3.55. The molecule has 8 heteroatoms. The molecular formula is C27H21N3O4S. The van der Waals surface area contributed by atoms with Crippen LogP contribution in [0.5, 0.6) is 17.2 Å². The predicted octanol–water partition coefficient (Wildman–Crippen LogP) is 5.41. The molecule has 6 rings (SSSR count). The van der Waals surface area contributed by atoms with Crippen LogP contribution in [-0.4, -0.2) is 28.4 Å². The molecule has 0 radical (unpaired) electrons. The van der Waals surface area contributed by atoms with Crippen molar-refractivity contribution in [3.8, 4) is 34.1 Å². The van der Waals surface area contributed by atoms with E-state index in [0.29, 0.717) is 33.4 Å². The maximum atomic E-state index is 13.8. The van der Waals surface area contributed by atoms with Crippen LogP contribution in [0.1, 0.15) is 5.56 Å². The van der Waals surface area contributed by atoms with Gasteiger partial charge in [0.25, 0.3) is 5.56 Å². The van der Waals surface area contributed by atoms with Crippen LogP contribution >= 0.6 is 11.8 Å². The van der Waals surface area contributed by atoms with Gasteiger partial charge in [-0.3, -0.25) is 4.79 Å². The fourth-order valence-corrected chi connectivity index (χ4v) is 5.12. The number of fused-ring (bicyclic) bond motifs is 2. The first-order valence-electron chi connectivity index (χ1n) is 11.1. The number of nitrogens with one attached hydrogen (secondary N) is 1. The van der Waals surface area contributed by atoms with Gasteiger partial charge in [0.05, 0.1) is 12.8 Å². The first-order chi connectivity index (χ1) is 17.2. The Morgan fingerprint density at radius 2 is 1.83 bits per heavy atom. The Kier molecular flexibility index (Phi) is 5.42. The normalized spacial score (nSPS) is 12.3. The molecule has 3 aromatic carbocycles. The Morgan fingerprint density at radius 1 is 1.03 bits per heavy atom.